The van der Waals surface area contributed by atoms with E-state index in [2.05, 4.69) is 10.6 Å². The average molecular weight is 495 g/mol. The number of amides is 2. The van der Waals surface area contributed by atoms with Crippen molar-refractivity contribution in [3.05, 3.63) is 0 Å². The van der Waals surface area contributed by atoms with E-state index in [0.29, 0.717) is 50.3 Å². The van der Waals surface area contributed by atoms with E-state index < -0.39 is 24.0 Å². The van der Waals surface area contributed by atoms with E-state index in [-0.39, 0.29) is 11.8 Å². The third-order valence-corrected chi connectivity index (χ3v) is 6.75. The number of carbonyl (C=O) groups excluding carboxylic acids is 4. The molecule has 0 aromatic heterocycles. The van der Waals surface area contributed by atoms with Gasteiger partial charge < -0.3 is 29.9 Å². The summed E-state index contributed by atoms with van der Waals surface area (Å²) in [6.45, 7) is 1.19. The van der Waals surface area contributed by atoms with Crippen molar-refractivity contribution in [2.24, 2.45) is 0 Å². The smallest absolute Gasteiger partial charge is 0.328 e. The molecule has 0 fully saturated rings. The molecule has 0 saturated heterocycles. The van der Waals surface area contributed by atoms with Gasteiger partial charge in [-0.2, -0.15) is 0 Å². The Morgan fingerprint density at radius 1 is 0.719 bits per heavy atom. The second-order valence-corrected chi connectivity index (χ2v) is 10.3. The van der Waals surface area contributed by atoms with Crippen LogP contribution < -0.4 is 10.6 Å². The second-order valence-electron chi connectivity index (χ2n) is 7.61. The summed E-state index contributed by atoms with van der Waals surface area (Å²) >= 11 is 0. The number of rotatable bonds is 17. The maximum absolute atomic E-state index is 12.0. The first-order valence-electron chi connectivity index (χ1n) is 10.4. The van der Waals surface area contributed by atoms with Gasteiger partial charge in [-0.1, -0.05) is 21.6 Å². The van der Waals surface area contributed by atoms with Crippen LogP contribution in [0.3, 0.4) is 0 Å². The summed E-state index contributed by atoms with van der Waals surface area (Å²) in [4.78, 5) is 51.7. The summed E-state index contributed by atoms with van der Waals surface area (Å²) in [6, 6.07) is -1.39. The quantitative estimate of drug-likeness (QED) is 0.167. The Bertz CT molecular complexity index is 542. The van der Waals surface area contributed by atoms with Crippen LogP contribution in [0.4, 0.5) is 0 Å². The molecule has 0 rings (SSSR count). The fourth-order valence-corrected chi connectivity index (χ4v) is 4.60. The molecule has 186 valence electrons. The maximum atomic E-state index is 12.0. The molecule has 12 heteroatoms. The largest absolute Gasteiger partial charge is 0.467 e. The van der Waals surface area contributed by atoms with Crippen molar-refractivity contribution in [1.29, 1.82) is 0 Å². The molecule has 0 aliphatic rings. The molecule has 0 saturated carbocycles. The second kappa shape index (κ2) is 18.0. The third kappa shape index (κ3) is 15.3. The van der Waals surface area contributed by atoms with Crippen LogP contribution in [-0.2, 0) is 28.7 Å². The number of hydrogen-bond acceptors (Lipinski definition) is 10. The topological polar surface area (TPSA) is 117 Å². The Morgan fingerprint density at radius 3 is 1.34 bits per heavy atom. The van der Waals surface area contributed by atoms with Gasteiger partial charge in [-0.05, 0) is 41.0 Å². The van der Waals surface area contributed by atoms with Crippen LogP contribution in [0, 0.1) is 0 Å². The molecular formula is C20H38N4O6S2. The summed E-state index contributed by atoms with van der Waals surface area (Å²) in [5.74, 6) is -0.122. The van der Waals surface area contributed by atoms with E-state index in [1.165, 1.54) is 35.8 Å². The van der Waals surface area contributed by atoms with Gasteiger partial charge in [0.2, 0.25) is 11.8 Å². The SMILES string of the molecule is COC(=O)[C@H](CCSSCC[C@@H](NC(=O)CCN(C)C)C(=O)OC)NC(=O)CCN(C)C. The van der Waals surface area contributed by atoms with Crippen LogP contribution in [-0.4, -0.2) is 113 Å². The molecule has 2 N–H and O–H groups in total. The third-order valence-electron chi connectivity index (χ3n) is 4.28. The molecule has 0 spiro atoms. The minimum Gasteiger partial charge on any atom is -0.467 e. The molecule has 0 bridgehead atoms. The van der Waals surface area contributed by atoms with Crippen molar-refractivity contribution in [2.75, 3.05) is 67.0 Å². The van der Waals surface area contributed by atoms with E-state index in [0.717, 1.165) is 0 Å². The number of methoxy groups -OCH3 is 2. The molecule has 32 heavy (non-hydrogen) atoms. The van der Waals surface area contributed by atoms with Gasteiger partial charge in [-0.3, -0.25) is 9.59 Å². The summed E-state index contributed by atoms with van der Waals surface area (Å²) in [7, 11) is 13.1. The molecule has 0 heterocycles. The van der Waals surface area contributed by atoms with E-state index in [1.807, 2.05) is 38.0 Å². The van der Waals surface area contributed by atoms with E-state index in [9.17, 15) is 19.2 Å². The fraction of sp³-hybridized carbons (Fsp3) is 0.800. The summed E-state index contributed by atoms with van der Waals surface area (Å²) in [5.41, 5.74) is 0. The fourth-order valence-electron chi connectivity index (χ4n) is 2.42. The van der Waals surface area contributed by atoms with Crippen LogP contribution in [0.1, 0.15) is 25.7 Å². The molecular weight excluding hydrogens is 456 g/mol. The lowest BCUT2D eigenvalue weighted by Gasteiger charge is -2.18. The molecule has 0 aromatic carbocycles. The first kappa shape index (κ1) is 30.5. The summed E-state index contributed by atoms with van der Waals surface area (Å²) in [6.07, 6.45) is 1.47. The highest BCUT2D eigenvalue weighted by atomic mass is 33.1. The number of esters is 2. The van der Waals surface area contributed by atoms with Gasteiger partial charge in [-0.25, -0.2) is 9.59 Å². The minimum atomic E-state index is -0.693. The average Bonchev–Trinajstić information content (AvgIpc) is 2.75. The van der Waals surface area contributed by atoms with Crippen molar-refractivity contribution in [3.63, 3.8) is 0 Å². The molecule has 0 aliphatic heterocycles. The highest BCUT2D eigenvalue weighted by molar-refractivity contribution is 8.76. The molecule has 2 amide bonds. The number of ether oxygens (including phenoxy) is 2. The number of nitrogens with zero attached hydrogens (tertiary/aromatic N) is 2. The van der Waals surface area contributed by atoms with Crippen molar-refractivity contribution >= 4 is 45.3 Å². The monoisotopic (exact) mass is 494 g/mol. The van der Waals surface area contributed by atoms with Gasteiger partial charge in [0.1, 0.15) is 12.1 Å². The standard InChI is InChI=1S/C20H38N4O6S2/c1-23(2)11-7-17(25)21-15(19(27)29-5)9-13-31-32-14-10-16(20(28)30-6)22-18(26)8-12-24(3)4/h15-16H,7-14H2,1-6H3,(H,21,25)(H,22,26)/t15-,16+. The van der Waals surface area contributed by atoms with Crippen LogP contribution in [0.5, 0.6) is 0 Å². The molecule has 0 radical (unpaired) electrons. The summed E-state index contributed by atoms with van der Waals surface area (Å²) in [5, 5.41) is 5.44. The van der Waals surface area contributed by atoms with Gasteiger partial charge in [0.25, 0.3) is 0 Å². The predicted octanol–water partition coefficient (Wildman–Crippen LogP) is 0.367. The van der Waals surface area contributed by atoms with Gasteiger partial charge in [0.05, 0.1) is 14.2 Å². The van der Waals surface area contributed by atoms with E-state index in [1.54, 1.807) is 0 Å². The molecule has 10 nitrogen and oxygen atoms in total. The highest BCUT2D eigenvalue weighted by Crippen LogP contribution is 2.24. The lowest BCUT2D eigenvalue weighted by Crippen LogP contribution is -2.42. The Balaban J connectivity index is 4.37. The van der Waals surface area contributed by atoms with Crippen LogP contribution >= 0.6 is 21.6 Å². The Kier molecular flexibility index (Phi) is 17.1. The van der Waals surface area contributed by atoms with Crippen molar-refractivity contribution < 1.29 is 28.7 Å². The number of nitrogens with one attached hydrogen (secondary N) is 2. The lowest BCUT2D eigenvalue weighted by molar-refractivity contribution is -0.145. The first-order valence-corrected chi connectivity index (χ1v) is 12.9. The Morgan fingerprint density at radius 2 is 1.06 bits per heavy atom. The number of carbonyl (C=O) groups is 4. The minimum absolute atomic E-state index is 0.197. The maximum Gasteiger partial charge on any atom is 0.328 e. The van der Waals surface area contributed by atoms with Crippen molar-refractivity contribution in [3.8, 4) is 0 Å². The normalized spacial score (nSPS) is 12.9. The van der Waals surface area contributed by atoms with E-state index >= 15 is 0 Å². The molecule has 2 atom stereocenters. The molecule has 0 unspecified atom stereocenters. The van der Waals surface area contributed by atoms with Crippen molar-refractivity contribution in [2.45, 2.75) is 37.8 Å². The molecule has 0 aromatic rings. The van der Waals surface area contributed by atoms with Crippen molar-refractivity contribution in [1.82, 2.24) is 20.4 Å². The summed E-state index contributed by atoms with van der Waals surface area (Å²) < 4.78 is 9.57. The Labute approximate surface area is 199 Å². The van der Waals surface area contributed by atoms with E-state index in [4.69, 9.17) is 9.47 Å². The lowest BCUT2D eigenvalue weighted by atomic mass is 10.2. The van der Waals surface area contributed by atoms with Gasteiger partial charge in [0.15, 0.2) is 0 Å². The molecule has 0 aliphatic carbocycles. The van der Waals surface area contributed by atoms with Gasteiger partial charge in [-0.15, -0.1) is 0 Å². The first-order chi connectivity index (χ1) is 15.1. The van der Waals surface area contributed by atoms with Gasteiger partial charge >= 0.3 is 11.9 Å². The number of hydrogen-bond donors (Lipinski definition) is 2. The highest BCUT2D eigenvalue weighted by Gasteiger charge is 2.22. The zero-order valence-electron chi connectivity index (χ0n) is 20.0. The zero-order chi connectivity index (χ0) is 24.5. The van der Waals surface area contributed by atoms with Crippen LogP contribution in [0.15, 0.2) is 0 Å². The Hall–Kier alpha value is -1.50. The van der Waals surface area contributed by atoms with Gasteiger partial charge in [0, 0.05) is 37.4 Å². The predicted molar refractivity (Wildman–Crippen MR) is 128 cm³/mol. The zero-order valence-corrected chi connectivity index (χ0v) is 21.6. The van der Waals surface area contributed by atoms with Crippen LogP contribution in [0.2, 0.25) is 0 Å². The van der Waals surface area contributed by atoms with Crippen LogP contribution in [0.25, 0.3) is 0 Å².